The summed E-state index contributed by atoms with van der Waals surface area (Å²) in [4.78, 5) is 13.6. The Kier molecular flexibility index (Phi) is 52.0. The molecule has 0 aliphatic rings. The summed E-state index contributed by atoms with van der Waals surface area (Å²) in [5, 5.41) is 0. The van der Waals surface area contributed by atoms with Crippen LogP contribution in [0.25, 0.3) is 0 Å². The first kappa shape index (κ1) is 36.0. The molecular formula is C14H40N2O. The van der Waals surface area contributed by atoms with Crippen molar-refractivity contribution in [3.63, 3.8) is 0 Å². The third-order valence-corrected chi connectivity index (χ3v) is 0.630. The Bertz CT molecular complexity index is 110. The molecule has 0 heterocycles. The Morgan fingerprint density at radius 2 is 0.882 bits per heavy atom. The van der Waals surface area contributed by atoms with Crippen LogP contribution in [0.3, 0.4) is 0 Å². The first-order chi connectivity index (χ1) is 6.11. The fourth-order valence-corrected chi connectivity index (χ4v) is 0. The highest BCUT2D eigenvalue weighted by Crippen LogP contribution is 1.81. The van der Waals surface area contributed by atoms with E-state index in [1.807, 2.05) is 26.0 Å². The predicted octanol–water partition coefficient (Wildman–Crippen LogP) is 3.84. The Labute approximate surface area is 112 Å². The molecule has 0 fully saturated rings. The maximum absolute atomic E-state index is 10.1. The van der Waals surface area contributed by atoms with Crippen molar-refractivity contribution >= 4 is 5.91 Å². The Morgan fingerprint density at radius 1 is 0.824 bits per heavy atom. The van der Waals surface area contributed by atoms with Crippen LogP contribution >= 0.6 is 0 Å². The second kappa shape index (κ2) is 24.6. The average molecular weight is 252 g/mol. The van der Waals surface area contributed by atoms with Gasteiger partial charge in [-0.2, -0.15) is 0 Å². The van der Waals surface area contributed by atoms with Crippen molar-refractivity contribution in [3.8, 4) is 0 Å². The molecule has 0 radical (unpaired) electrons. The summed E-state index contributed by atoms with van der Waals surface area (Å²) in [6.45, 7) is 8.03. The van der Waals surface area contributed by atoms with Gasteiger partial charge in [-0.05, 0) is 27.1 Å². The molecule has 0 aromatic rings. The molecular weight excluding hydrogens is 212 g/mol. The van der Waals surface area contributed by atoms with Crippen LogP contribution in [0.2, 0.25) is 0 Å². The molecule has 0 N–H and O–H groups in total. The fraction of sp³-hybridized carbons (Fsp3) is 0.929. The molecule has 17 heavy (non-hydrogen) atoms. The Hall–Kier alpha value is -0.570. The molecule has 0 rings (SSSR count). The van der Waals surface area contributed by atoms with E-state index in [2.05, 4.69) is 20.8 Å². The van der Waals surface area contributed by atoms with Gasteiger partial charge in [0.05, 0.1) is 0 Å². The van der Waals surface area contributed by atoms with Gasteiger partial charge in [0.15, 0.2) is 0 Å². The Morgan fingerprint density at radius 3 is 0.882 bits per heavy atom. The highest BCUT2D eigenvalue weighted by atomic mass is 16.2. The van der Waals surface area contributed by atoms with Crippen molar-refractivity contribution in [3.05, 3.63) is 0 Å². The zero-order valence-electron chi connectivity index (χ0n) is 11.4. The molecule has 0 saturated heterocycles. The summed E-state index contributed by atoms with van der Waals surface area (Å²) in [7, 11) is 9.45. The normalized spacial score (nSPS) is 7.00. The van der Waals surface area contributed by atoms with Gasteiger partial charge in [-0.3, -0.25) is 4.79 Å². The van der Waals surface area contributed by atoms with Gasteiger partial charge < -0.3 is 9.80 Å². The largest absolute Gasteiger partial charge is 0.349 e. The van der Waals surface area contributed by atoms with Gasteiger partial charge in [0, 0.05) is 21.0 Å². The summed E-state index contributed by atoms with van der Waals surface area (Å²) >= 11 is 0. The van der Waals surface area contributed by atoms with E-state index in [1.165, 1.54) is 11.8 Å². The van der Waals surface area contributed by atoms with E-state index < -0.39 is 0 Å². The lowest BCUT2D eigenvalue weighted by molar-refractivity contribution is -0.126. The highest BCUT2D eigenvalue weighted by molar-refractivity contribution is 5.72. The van der Waals surface area contributed by atoms with Crippen LogP contribution in [-0.4, -0.2) is 50.9 Å². The number of nitrogens with zero attached hydrogens (tertiary/aromatic N) is 2. The number of carbonyl (C=O) groups is 1. The lowest BCUT2D eigenvalue weighted by Crippen LogP contribution is -2.17. The minimum atomic E-state index is 0. The molecule has 0 unspecified atom stereocenters. The van der Waals surface area contributed by atoms with Crippen molar-refractivity contribution in [2.45, 2.75) is 50.0 Å². The van der Waals surface area contributed by atoms with Crippen LogP contribution in [0.15, 0.2) is 0 Å². The number of hydrogen-bond donors (Lipinski definition) is 0. The smallest absolute Gasteiger partial charge is 0.218 e. The molecule has 0 aromatic carbocycles. The molecule has 0 aliphatic carbocycles. The van der Waals surface area contributed by atoms with Crippen molar-refractivity contribution in [1.82, 2.24) is 9.80 Å². The second-order valence-electron chi connectivity index (χ2n) is 4.49. The number of amides is 1. The summed E-state index contributed by atoms with van der Waals surface area (Å²) in [6.07, 6.45) is 0. The number of carbonyl (C=O) groups excluding carboxylic acids is 1. The summed E-state index contributed by atoms with van der Waals surface area (Å²) in [5.74, 6) is 0.926. The van der Waals surface area contributed by atoms with Crippen LogP contribution in [0, 0.1) is 5.92 Å². The summed E-state index contributed by atoms with van der Waals surface area (Å²) < 4.78 is 0. The van der Waals surface area contributed by atoms with E-state index in [-0.39, 0.29) is 28.2 Å². The van der Waals surface area contributed by atoms with E-state index in [4.69, 9.17) is 0 Å². The van der Waals surface area contributed by atoms with Gasteiger partial charge in [0.1, 0.15) is 0 Å². The van der Waals surface area contributed by atoms with Gasteiger partial charge in [-0.15, -0.1) is 0 Å². The molecule has 0 aromatic heterocycles. The van der Waals surface area contributed by atoms with Crippen LogP contribution in [-0.2, 0) is 4.79 Å². The zero-order valence-corrected chi connectivity index (χ0v) is 11.4. The summed E-state index contributed by atoms with van der Waals surface area (Å²) in [5.41, 5.74) is 0. The maximum atomic E-state index is 10.1. The minimum Gasteiger partial charge on any atom is -0.349 e. The van der Waals surface area contributed by atoms with Gasteiger partial charge in [-0.25, -0.2) is 0 Å². The quantitative estimate of drug-likeness (QED) is 0.654. The fourth-order valence-electron chi connectivity index (χ4n) is 0. The molecule has 1 amide bonds. The second-order valence-corrected chi connectivity index (χ2v) is 4.49. The van der Waals surface area contributed by atoms with E-state index in [0.717, 1.165) is 5.92 Å². The molecule has 3 heteroatoms. The van der Waals surface area contributed by atoms with Gasteiger partial charge >= 0.3 is 0 Å². The van der Waals surface area contributed by atoms with Gasteiger partial charge in [0.2, 0.25) is 5.91 Å². The highest BCUT2D eigenvalue weighted by Gasteiger charge is 1.87. The topological polar surface area (TPSA) is 23.6 Å². The van der Waals surface area contributed by atoms with Crippen LogP contribution in [0.1, 0.15) is 50.0 Å². The number of rotatable bonds is 0. The first-order valence-electron chi connectivity index (χ1n) is 4.90. The molecule has 0 aliphatic heterocycles. The SMILES string of the molecule is C.C.C.CC(=O)N(C)C.CC(C)C.CN(C)C. The van der Waals surface area contributed by atoms with E-state index in [9.17, 15) is 4.79 Å². The standard InChI is InChI=1S/C4H9NO.C4H10.C3H9N.3CH4/c1-4(6)5(2)3;2*1-4(2)3;;;/h1-3H3;4H,1-3H3;1-3H3;3*1H4. The third kappa shape index (κ3) is 237. The molecule has 0 spiro atoms. The maximum Gasteiger partial charge on any atom is 0.218 e. The first-order valence-corrected chi connectivity index (χ1v) is 4.90. The predicted molar refractivity (Wildman–Crippen MR) is 84.7 cm³/mol. The van der Waals surface area contributed by atoms with Crippen LogP contribution in [0.5, 0.6) is 0 Å². The van der Waals surface area contributed by atoms with Crippen LogP contribution in [0.4, 0.5) is 0 Å². The van der Waals surface area contributed by atoms with Crippen molar-refractivity contribution in [2.75, 3.05) is 35.2 Å². The summed E-state index contributed by atoms with van der Waals surface area (Å²) in [6, 6.07) is 0. The van der Waals surface area contributed by atoms with Gasteiger partial charge in [-0.1, -0.05) is 43.1 Å². The monoisotopic (exact) mass is 252 g/mol. The van der Waals surface area contributed by atoms with Gasteiger partial charge in [0.25, 0.3) is 0 Å². The molecule has 3 nitrogen and oxygen atoms in total. The van der Waals surface area contributed by atoms with Crippen LogP contribution < -0.4 is 0 Å². The third-order valence-electron chi connectivity index (χ3n) is 0.630. The lowest BCUT2D eigenvalue weighted by Gasteiger charge is -2.02. The number of hydrogen-bond acceptors (Lipinski definition) is 2. The van der Waals surface area contributed by atoms with Crippen molar-refractivity contribution in [2.24, 2.45) is 5.92 Å². The molecule has 0 atom stereocenters. The molecule has 112 valence electrons. The zero-order chi connectivity index (χ0) is 12.3. The average Bonchev–Trinajstić information content (AvgIpc) is 1.83. The van der Waals surface area contributed by atoms with Crippen molar-refractivity contribution < 1.29 is 4.79 Å². The van der Waals surface area contributed by atoms with Crippen molar-refractivity contribution in [1.29, 1.82) is 0 Å². The van der Waals surface area contributed by atoms with E-state index in [1.54, 1.807) is 14.1 Å². The van der Waals surface area contributed by atoms with E-state index in [0.29, 0.717) is 0 Å². The minimum absolute atomic E-state index is 0. The molecule has 0 bridgehead atoms. The van der Waals surface area contributed by atoms with E-state index >= 15 is 0 Å². The molecule has 0 saturated carbocycles. The Balaban J connectivity index is -0.0000000252. The lowest BCUT2D eigenvalue weighted by atomic mass is 10.3.